The number of urea groups is 1. The molecule has 3 N–H and O–H groups in total. The van der Waals surface area contributed by atoms with Crippen LogP contribution in [-0.2, 0) is 0 Å². The first-order valence-corrected chi connectivity index (χ1v) is 33.9. The fourth-order valence-corrected chi connectivity index (χ4v) is 14.6. The average Bonchev–Trinajstić information content (AvgIpc) is 0.762. The maximum absolute atomic E-state index is 13.5. The molecule has 0 radical (unpaired) electrons. The molecule has 2 unspecified atom stereocenters. The van der Waals surface area contributed by atoms with Gasteiger partial charge in [0.1, 0.15) is 17.5 Å². The summed E-state index contributed by atoms with van der Waals surface area (Å²) in [4.78, 5) is 52.1. The van der Waals surface area contributed by atoms with Crippen molar-refractivity contribution in [2.45, 2.75) is 210 Å². The van der Waals surface area contributed by atoms with Crippen LogP contribution in [0.1, 0.15) is 205 Å². The van der Waals surface area contributed by atoms with Gasteiger partial charge in [-0.05, 0) is 171 Å². The highest BCUT2D eigenvalue weighted by Gasteiger charge is 2.44. The topological polar surface area (TPSA) is 125 Å². The highest BCUT2D eigenvalue weighted by molar-refractivity contribution is 6.34. The van der Waals surface area contributed by atoms with Crippen molar-refractivity contribution in [3.05, 3.63) is 138 Å². The van der Waals surface area contributed by atoms with Crippen LogP contribution >= 0.6 is 34.8 Å². The summed E-state index contributed by atoms with van der Waals surface area (Å²) in [6.07, 6.45) is 16.6. The van der Waals surface area contributed by atoms with Crippen molar-refractivity contribution in [1.82, 2.24) is 25.2 Å². The fourth-order valence-electron chi connectivity index (χ4n) is 13.8. The molecule has 4 aliphatic heterocycles. The third-order valence-electron chi connectivity index (χ3n) is 17.9. The molecule has 0 fully saturated rings. The summed E-state index contributed by atoms with van der Waals surface area (Å²) >= 11 is 19.5. The van der Waals surface area contributed by atoms with Gasteiger partial charge in [-0.3, -0.25) is 4.79 Å². The SMILES string of the molecule is CCCC(CCC)N1CCC(=O)c2c1cc(C)nc2Nc1ccc(C)cc1Cl.CCCC(CCC)N1CCC(NC)c2c1cc(C)nc2Nc1ccc(C)cc1Cl.CCCC(CCC)N1CCC2c3c1cc(C)nc3N(c1ccc(C)cc1Cl)C(=O)N2C. The first kappa shape index (κ1) is 67.8. The molecule has 2 amide bonds. The minimum absolute atomic E-state index is 0.0474. The third-order valence-corrected chi connectivity index (χ3v) is 18.8. The highest BCUT2D eigenvalue weighted by atomic mass is 35.5. The molecule has 13 nitrogen and oxygen atoms in total. The van der Waals surface area contributed by atoms with Crippen LogP contribution in [0.15, 0.2) is 72.8 Å². The number of nitrogens with zero attached hydrogens (tertiary/aromatic N) is 8. The van der Waals surface area contributed by atoms with Crippen LogP contribution in [0, 0.1) is 41.5 Å². The zero-order chi connectivity index (χ0) is 63.5. The zero-order valence-corrected chi connectivity index (χ0v) is 57.3. The molecule has 3 aromatic carbocycles. The summed E-state index contributed by atoms with van der Waals surface area (Å²) in [5.41, 5.74) is 15.2. The van der Waals surface area contributed by atoms with E-state index in [1.165, 1.54) is 68.3 Å². The lowest BCUT2D eigenvalue weighted by Crippen LogP contribution is -2.50. The Bertz CT molecular complexity index is 3370. The average molecular weight is 1260 g/mol. The number of carbonyl (C=O) groups is 2. The van der Waals surface area contributed by atoms with Gasteiger partial charge in [-0.1, -0.05) is 133 Å². The summed E-state index contributed by atoms with van der Waals surface area (Å²) in [5, 5.41) is 12.3. The summed E-state index contributed by atoms with van der Waals surface area (Å²) in [5.74, 6) is 2.42. The molecule has 7 heterocycles. The van der Waals surface area contributed by atoms with Crippen molar-refractivity contribution in [2.24, 2.45) is 0 Å². The predicted molar refractivity (Wildman–Crippen MR) is 373 cm³/mol. The lowest BCUT2D eigenvalue weighted by molar-refractivity contribution is 0.0979. The molecule has 3 aromatic heterocycles. The van der Waals surface area contributed by atoms with Gasteiger partial charge in [0.25, 0.3) is 0 Å². The maximum atomic E-state index is 13.5. The van der Waals surface area contributed by atoms with E-state index in [4.69, 9.17) is 44.8 Å². The summed E-state index contributed by atoms with van der Waals surface area (Å²) in [6.45, 7) is 28.5. The van der Waals surface area contributed by atoms with E-state index in [9.17, 15) is 9.59 Å². The number of Topliss-reactive ketones (excluding diaryl/α,β-unsaturated/α-hetero) is 1. The van der Waals surface area contributed by atoms with E-state index in [2.05, 4.69) is 115 Å². The van der Waals surface area contributed by atoms with Gasteiger partial charge in [-0.15, -0.1) is 0 Å². The molecule has 0 saturated carbocycles. The van der Waals surface area contributed by atoms with Gasteiger partial charge in [-0.25, -0.2) is 24.6 Å². The largest absolute Gasteiger partial charge is 0.368 e. The van der Waals surface area contributed by atoms with Crippen molar-refractivity contribution in [3.8, 4) is 0 Å². The Kier molecular flexibility index (Phi) is 23.9. The second-order valence-corrected chi connectivity index (χ2v) is 26.1. The number of anilines is 9. The standard InChI is InChI=1S/C25H33ClN4O.C24H35ClN4.C23H30ClN3O/c1-6-8-18(9-7-2)29-13-12-21-23-22(29)15-17(4)27-24(23)30(25(31)28(21)5)20-11-10-16(3)14-19(20)26;1-6-8-18(9-7-2)29-13-12-21(26-5)23-22(29)15-17(4)27-24(23)28-20-11-10-16(3)14-19(20)25;1-5-7-17(8-6-2)27-12-11-21(28)22-20(27)14-16(4)25-23(22)26-19-10-9-15(3)13-18(19)24/h10-11,14-15,18,21H,6-9,12-13H2,1-5H3;10-11,14-15,18,21,26H,6-9,12-13H2,1-5H3,(H,27,28);9-10,13-14,17H,5-8,11-12H2,1-4H3,(H,25,26). The van der Waals surface area contributed by atoms with Crippen molar-refractivity contribution in [3.63, 3.8) is 0 Å². The number of ketones is 1. The third kappa shape index (κ3) is 15.4. The Balaban J connectivity index is 0.000000171. The number of hydrogen-bond donors (Lipinski definition) is 3. The second kappa shape index (κ2) is 31.1. The second-order valence-electron chi connectivity index (χ2n) is 24.9. The molecule has 0 bridgehead atoms. The van der Waals surface area contributed by atoms with Gasteiger partial charge in [0.05, 0.1) is 49.4 Å². The van der Waals surface area contributed by atoms with Crippen LogP contribution in [0.5, 0.6) is 0 Å². The van der Waals surface area contributed by atoms with Crippen LogP contribution in [0.2, 0.25) is 15.1 Å². The predicted octanol–water partition coefficient (Wildman–Crippen LogP) is 19.8. The van der Waals surface area contributed by atoms with Crippen LogP contribution in [0.25, 0.3) is 0 Å². The Labute approximate surface area is 541 Å². The number of pyridine rings is 3. The van der Waals surface area contributed by atoms with E-state index in [0.717, 1.165) is 131 Å². The molecule has 0 saturated heterocycles. The zero-order valence-electron chi connectivity index (χ0n) is 55.1. The maximum Gasteiger partial charge on any atom is 0.330 e. The smallest absolute Gasteiger partial charge is 0.330 e. The molecule has 4 aliphatic rings. The molecule has 0 spiro atoms. The molecular formula is C72H98Cl3N11O2. The summed E-state index contributed by atoms with van der Waals surface area (Å²) in [6, 6.07) is 26.2. The number of amides is 2. The quantitative estimate of drug-likeness (QED) is 0.0638. The van der Waals surface area contributed by atoms with Gasteiger partial charge in [-0.2, -0.15) is 0 Å². The van der Waals surface area contributed by atoms with Crippen molar-refractivity contribution >= 4 is 98.2 Å². The lowest BCUT2D eigenvalue weighted by atomic mass is 9.90. The van der Waals surface area contributed by atoms with E-state index in [1.54, 1.807) is 4.90 Å². The molecule has 0 aliphatic carbocycles. The number of benzene rings is 3. The van der Waals surface area contributed by atoms with E-state index in [1.807, 2.05) is 95.2 Å². The Morgan fingerprint density at radius 1 is 0.511 bits per heavy atom. The number of fused-ring (bicyclic) bond motifs is 2. The minimum Gasteiger partial charge on any atom is -0.368 e. The first-order chi connectivity index (χ1) is 42.3. The van der Waals surface area contributed by atoms with Crippen LogP contribution in [0.4, 0.5) is 56.4 Å². The molecule has 88 heavy (non-hydrogen) atoms. The van der Waals surface area contributed by atoms with Gasteiger partial charge < -0.3 is 35.6 Å². The first-order valence-electron chi connectivity index (χ1n) is 32.7. The van der Waals surface area contributed by atoms with Gasteiger partial charge >= 0.3 is 6.03 Å². The van der Waals surface area contributed by atoms with E-state index < -0.39 is 0 Å². The number of aromatic nitrogens is 3. The molecular weight excluding hydrogens is 1160 g/mol. The lowest BCUT2D eigenvalue weighted by Gasteiger charge is -2.48. The van der Waals surface area contributed by atoms with Gasteiger partial charge in [0, 0.05) is 96.9 Å². The number of hydrogen-bond acceptors (Lipinski definition) is 11. The van der Waals surface area contributed by atoms with Crippen LogP contribution in [0.3, 0.4) is 0 Å². The van der Waals surface area contributed by atoms with Crippen molar-refractivity contribution < 1.29 is 9.59 Å². The monoisotopic (exact) mass is 1250 g/mol. The highest BCUT2D eigenvalue weighted by Crippen LogP contribution is 2.50. The van der Waals surface area contributed by atoms with E-state index in [-0.39, 0.29) is 23.9 Å². The number of carbonyl (C=O) groups excluding carboxylic acids is 2. The molecule has 6 aromatic rings. The van der Waals surface area contributed by atoms with Gasteiger partial charge in [0.2, 0.25) is 0 Å². The van der Waals surface area contributed by atoms with Crippen LogP contribution in [-0.4, -0.2) is 83.5 Å². The van der Waals surface area contributed by atoms with Crippen molar-refractivity contribution in [2.75, 3.05) is 64.0 Å². The molecule has 10 rings (SSSR count). The summed E-state index contributed by atoms with van der Waals surface area (Å²) < 4.78 is 0. The molecule has 2 atom stereocenters. The number of aryl methyl sites for hydroxylation is 6. The molecule has 474 valence electrons. The Hall–Kier alpha value is -6.12. The van der Waals surface area contributed by atoms with Crippen LogP contribution < -0.4 is 35.6 Å². The molecule has 16 heteroatoms. The number of rotatable bonds is 21. The number of halogens is 3. The van der Waals surface area contributed by atoms with E-state index in [0.29, 0.717) is 51.7 Å². The Morgan fingerprint density at radius 3 is 1.43 bits per heavy atom. The summed E-state index contributed by atoms with van der Waals surface area (Å²) in [7, 11) is 3.95. The van der Waals surface area contributed by atoms with Gasteiger partial charge in [0.15, 0.2) is 5.78 Å². The van der Waals surface area contributed by atoms with E-state index >= 15 is 0 Å². The fraction of sp³-hybridized carbons (Fsp3) is 0.514. The Morgan fingerprint density at radius 2 is 0.943 bits per heavy atom. The normalized spacial score (nSPS) is 16.1. The minimum atomic E-state index is -0.0700. The van der Waals surface area contributed by atoms with Crippen molar-refractivity contribution in [1.29, 1.82) is 0 Å². The number of nitrogens with one attached hydrogen (secondary N) is 3.